The first-order valence-electron chi connectivity index (χ1n) is 6.47. The Hall–Kier alpha value is -2.09. The highest BCUT2D eigenvalue weighted by Gasteiger charge is 2.06. The van der Waals surface area contributed by atoms with Gasteiger partial charge in [-0.15, -0.1) is 0 Å². The van der Waals surface area contributed by atoms with Crippen LogP contribution in [0.2, 0.25) is 0 Å². The quantitative estimate of drug-likeness (QED) is 0.885. The van der Waals surface area contributed by atoms with E-state index in [1.807, 2.05) is 57.2 Å². The van der Waals surface area contributed by atoms with E-state index in [9.17, 15) is 4.79 Å². The van der Waals surface area contributed by atoms with Gasteiger partial charge in [0.2, 0.25) is 5.91 Å². The molecule has 1 N–H and O–H groups in total. The fourth-order valence-corrected chi connectivity index (χ4v) is 2.16. The van der Waals surface area contributed by atoms with Crippen LogP contribution >= 0.6 is 0 Å². The zero-order valence-corrected chi connectivity index (χ0v) is 11.7. The third-order valence-electron chi connectivity index (χ3n) is 3.10. The topological polar surface area (TPSA) is 29.1 Å². The molecule has 0 aromatic heterocycles. The van der Waals surface area contributed by atoms with Crippen LogP contribution in [0.5, 0.6) is 0 Å². The van der Waals surface area contributed by atoms with Gasteiger partial charge in [-0.05, 0) is 38.0 Å². The molecular formula is C17H19NO. The fraction of sp³-hybridized carbons (Fsp3) is 0.235. The van der Waals surface area contributed by atoms with Crippen molar-refractivity contribution in [3.8, 4) is 0 Å². The molecule has 2 aromatic carbocycles. The van der Waals surface area contributed by atoms with Gasteiger partial charge in [-0.1, -0.05) is 47.5 Å². The number of nitrogens with one attached hydrogen (secondary N) is 1. The molecule has 2 aromatic rings. The Labute approximate surface area is 114 Å². The molecule has 1 amide bonds. The highest BCUT2D eigenvalue weighted by atomic mass is 16.1. The lowest BCUT2D eigenvalue weighted by molar-refractivity contribution is -0.115. The van der Waals surface area contributed by atoms with Crippen molar-refractivity contribution in [2.75, 3.05) is 5.32 Å². The summed E-state index contributed by atoms with van der Waals surface area (Å²) in [5, 5.41) is 2.97. The number of hydrogen-bond donors (Lipinski definition) is 1. The normalized spacial score (nSPS) is 10.3. The number of aryl methyl sites for hydroxylation is 3. The van der Waals surface area contributed by atoms with Crippen LogP contribution in [0, 0.1) is 20.8 Å². The summed E-state index contributed by atoms with van der Waals surface area (Å²) in [5.41, 5.74) is 5.41. The lowest BCUT2D eigenvalue weighted by Gasteiger charge is -2.09. The van der Waals surface area contributed by atoms with E-state index in [-0.39, 0.29) is 5.91 Å². The first kappa shape index (κ1) is 13.3. The SMILES string of the molecule is Cc1cccc(CC(=O)Nc2ccc(C)cc2C)c1. The molecule has 98 valence electrons. The molecule has 0 fully saturated rings. The number of hydrogen-bond acceptors (Lipinski definition) is 1. The maximum atomic E-state index is 12.0. The van der Waals surface area contributed by atoms with Crippen molar-refractivity contribution in [3.05, 3.63) is 64.7 Å². The number of anilines is 1. The van der Waals surface area contributed by atoms with Crippen molar-refractivity contribution in [1.82, 2.24) is 0 Å². The van der Waals surface area contributed by atoms with Crippen molar-refractivity contribution < 1.29 is 4.79 Å². The molecule has 19 heavy (non-hydrogen) atoms. The standard InChI is InChI=1S/C17H19NO/c1-12-5-4-6-15(10-12)11-17(19)18-16-8-7-13(2)9-14(16)3/h4-10H,11H2,1-3H3,(H,18,19). The molecule has 0 spiro atoms. The Bertz CT molecular complexity index is 602. The maximum absolute atomic E-state index is 12.0. The van der Waals surface area contributed by atoms with Gasteiger partial charge in [0.15, 0.2) is 0 Å². The van der Waals surface area contributed by atoms with E-state index in [0.717, 1.165) is 16.8 Å². The van der Waals surface area contributed by atoms with E-state index >= 15 is 0 Å². The zero-order chi connectivity index (χ0) is 13.8. The summed E-state index contributed by atoms with van der Waals surface area (Å²) in [5.74, 6) is 0.0255. The predicted molar refractivity (Wildman–Crippen MR) is 79.4 cm³/mol. The largest absolute Gasteiger partial charge is 0.326 e. The first-order valence-corrected chi connectivity index (χ1v) is 6.47. The predicted octanol–water partition coefficient (Wildman–Crippen LogP) is 3.79. The molecule has 0 aliphatic rings. The molecule has 0 radical (unpaired) electrons. The van der Waals surface area contributed by atoms with Gasteiger partial charge in [-0.25, -0.2) is 0 Å². The van der Waals surface area contributed by atoms with Gasteiger partial charge < -0.3 is 5.32 Å². The van der Waals surface area contributed by atoms with Gasteiger partial charge in [0, 0.05) is 5.69 Å². The van der Waals surface area contributed by atoms with E-state index in [0.29, 0.717) is 6.42 Å². The minimum Gasteiger partial charge on any atom is -0.326 e. The molecule has 0 saturated heterocycles. The monoisotopic (exact) mass is 253 g/mol. The van der Waals surface area contributed by atoms with Gasteiger partial charge in [-0.2, -0.15) is 0 Å². The number of benzene rings is 2. The molecule has 0 unspecified atom stereocenters. The van der Waals surface area contributed by atoms with Crippen molar-refractivity contribution in [2.24, 2.45) is 0 Å². The molecule has 0 heterocycles. The molecule has 0 saturated carbocycles. The van der Waals surface area contributed by atoms with Crippen molar-refractivity contribution in [1.29, 1.82) is 0 Å². The van der Waals surface area contributed by atoms with Crippen LogP contribution in [0.15, 0.2) is 42.5 Å². The zero-order valence-electron chi connectivity index (χ0n) is 11.7. The van der Waals surface area contributed by atoms with Crippen molar-refractivity contribution in [2.45, 2.75) is 27.2 Å². The van der Waals surface area contributed by atoms with Crippen LogP contribution in [-0.4, -0.2) is 5.91 Å². The van der Waals surface area contributed by atoms with Crippen molar-refractivity contribution >= 4 is 11.6 Å². The third-order valence-corrected chi connectivity index (χ3v) is 3.10. The lowest BCUT2D eigenvalue weighted by atomic mass is 10.1. The van der Waals surface area contributed by atoms with E-state index in [1.165, 1.54) is 11.1 Å². The Morgan fingerprint density at radius 2 is 1.74 bits per heavy atom. The Morgan fingerprint density at radius 1 is 1.00 bits per heavy atom. The molecule has 2 rings (SSSR count). The van der Waals surface area contributed by atoms with Crippen LogP contribution in [-0.2, 0) is 11.2 Å². The van der Waals surface area contributed by atoms with Gasteiger partial charge >= 0.3 is 0 Å². The highest BCUT2D eigenvalue weighted by molar-refractivity contribution is 5.93. The number of carbonyl (C=O) groups excluding carboxylic acids is 1. The molecule has 0 atom stereocenters. The molecular weight excluding hydrogens is 234 g/mol. The average Bonchev–Trinajstić information content (AvgIpc) is 2.33. The lowest BCUT2D eigenvalue weighted by Crippen LogP contribution is -2.15. The van der Waals surface area contributed by atoms with Crippen LogP contribution in [0.4, 0.5) is 5.69 Å². The van der Waals surface area contributed by atoms with Gasteiger partial charge in [0.05, 0.1) is 6.42 Å². The van der Waals surface area contributed by atoms with E-state index < -0.39 is 0 Å². The first-order chi connectivity index (χ1) is 9.04. The Kier molecular flexibility index (Phi) is 4.00. The Balaban J connectivity index is 2.05. The summed E-state index contributed by atoms with van der Waals surface area (Å²) >= 11 is 0. The summed E-state index contributed by atoms with van der Waals surface area (Å²) in [6.07, 6.45) is 0.412. The van der Waals surface area contributed by atoms with Crippen molar-refractivity contribution in [3.63, 3.8) is 0 Å². The number of rotatable bonds is 3. The second kappa shape index (κ2) is 5.70. The van der Waals surface area contributed by atoms with Gasteiger partial charge in [-0.3, -0.25) is 4.79 Å². The minimum absolute atomic E-state index is 0.0255. The molecule has 0 aliphatic heterocycles. The third kappa shape index (κ3) is 3.68. The second-order valence-corrected chi connectivity index (χ2v) is 5.03. The number of amides is 1. The summed E-state index contributed by atoms with van der Waals surface area (Å²) in [6.45, 7) is 6.09. The van der Waals surface area contributed by atoms with Crippen LogP contribution in [0.1, 0.15) is 22.3 Å². The van der Waals surface area contributed by atoms with Crippen LogP contribution in [0.3, 0.4) is 0 Å². The fourth-order valence-electron chi connectivity index (χ4n) is 2.16. The van der Waals surface area contributed by atoms with Crippen LogP contribution < -0.4 is 5.32 Å². The maximum Gasteiger partial charge on any atom is 0.228 e. The van der Waals surface area contributed by atoms with Gasteiger partial charge in [0.1, 0.15) is 0 Å². The molecule has 2 heteroatoms. The summed E-state index contributed by atoms with van der Waals surface area (Å²) in [4.78, 5) is 12.0. The minimum atomic E-state index is 0.0255. The van der Waals surface area contributed by atoms with E-state index in [1.54, 1.807) is 0 Å². The smallest absolute Gasteiger partial charge is 0.228 e. The Morgan fingerprint density at radius 3 is 2.42 bits per heavy atom. The van der Waals surface area contributed by atoms with E-state index in [2.05, 4.69) is 11.4 Å². The summed E-state index contributed by atoms with van der Waals surface area (Å²) in [6, 6.07) is 14.1. The second-order valence-electron chi connectivity index (χ2n) is 5.03. The summed E-state index contributed by atoms with van der Waals surface area (Å²) < 4.78 is 0. The summed E-state index contributed by atoms with van der Waals surface area (Å²) in [7, 11) is 0. The molecule has 0 bridgehead atoms. The van der Waals surface area contributed by atoms with E-state index in [4.69, 9.17) is 0 Å². The van der Waals surface area contributed by atoms with Crippen LogP contribution in [0.25, 0.3) is 0 Å². The number of carbonyl (C=O) groups is 1. The average molecular weight is 253 g/mol. The molecule has 2 nitrogen and oxygen atoms in total. The molecule has 0 aliphatic carbocycles. The van der Waals surface area contributed by atoms with Gasteiger partial charge in [0.25, 0.3) is 0 Å². The highest BCUT2D eigenvalue weighted by Crippen LogP contribution is 2.16.